The second-order valence-electron chi connectivity index (χ2n) is 15.5. The van der Waals surface area contributed by atoms with Crippen LogP contribution < -0.4 is 0 Å². The number of rotatable bonds is 8. The molecule has 2 saturated heterocycles. The Bertz CT molecular complexity index is 2520. The van der Waals surface area contributed by atoms with E-state index in [2.05, 4.69) is 9.97 Å². The SMILES string of the molecule is Cc1cn(-c2ccc(/C=C3\CCCN([C@@H](C)c4ccc(F)cc4F)C3=O)cc2F)cn1.Cc1cn(-c2ccc(/C=C3\CCCN([C@H](C)c4ccc(F)cc4F)C3=O)cc2F)cn1. The Balaban J connectivity index is 0.000000186. The van der Waals surface area contributed by atoms with E-state index in [-0.39, 0.29) is 22.9 Å². The summed E-state index contributed by atoms with van der Waals surface area (Å²) in [5.41, 5.74) is 5.06. The summed E-state index contributed by atoms with van der Waals surface area (Å²) < 4.78 is 87.4. The molecule has 0 saturated carbocycles. The molecule has 62 heavy (non-hydrogen) atoms. The maximum absolute atomic E-state index is 14.7. The van der Waals surface area contributed by atoms with Crippen molar-refractivity contribution >= 4 is 24.0 Å². The number of nitrogens with zero attached hydrogens (tertiary/aromatic N) is 6. The maximum Gasteiger partial charge on any atom is 0.250 e. The molecule has 320 valence electrons. The zero-order chi connectivity index (χ0) is 44.2. The van der Waals surface area contributed by atoms with E-state index in [4.69, 9.17) is 0 Å². The van der Waals surface area contributed by atoms with Crippen LogP contribution in [0, 0.1) is 48.8 Å². The molecule has 6 aromatic rings. The van der Waals surface area contributed by atoms with Crippen LogP contribution in [0.5, 0.6) is 0 Å². The van der Waals surface area contributed by atoms with Crippen molar-refractivity contribution in [3.8, 4) is 11.4 Å². The van der Waals surface area contributed by atoms with Crippen LogP contribution in [0.3, 0.4) is 0 Å². The number of benzene rings is 4. The van der Waals surface area contributed by atoms with Crippen LogP contribution in [-0.4, -0.2) is 53.8 Å². The van der Waals surface area contributed by atoms with Gasteiger partial charge in [-0.15, -0.1) is 0 Å². The highest BCUT2D eigenvalue weighted by molar-refractivity contribution is 5.99. The lowest BCUT2D eigenvalue weighted by atomic mass is 9.97. The van der Waals surface area contributed by atoms with Crippen LogP contribution in [0.4, 0.5) is 26.3 Å². The largest absolute Gasteiger partial charge is 0.332 e. The fraction of sp³-hybridized carbons (Fsp3) is 0.250. The van der Waals surface area contributed by atoms with Crippen molar-refractivity contribution in [2.75, 3.05) is 13.1 Å². The number of aryl methyl sites for hydroxylation is 2. The topological polar surface area (TPSA) is 76.3 Å². The molecule has 2 atom stereocenters. The number of imidazole rings is 2. The molecular weight excluding hydrogens is 807 g/mol. The van der Waals surface area contributed by atoms with Crippen molar-refractivity contribution in [2.45, 2.75) is 65.5 Å². The number of aromatic nitrogens is 4. The van der Waals surface area contributed by atoms with E-state index >= 15 is 0 Å². The summed E-state index contributed by atoms with van der Waals surface area (Å²) in [4.78, 5) is 37.5. The highest BCUT2D eigenvalue weighted by Gasteiger charge is 2.31. The lowest BCUT2D eigenvalue weighted by molar-refractivity contribution is -0.131. The van der Waals surface area contributed by atoms with Crippen molar-refractivity contribution in [1.82, 2.24) is 28.9 Å². The summed E-state index contributed by atoms with van der Waals surface area (Å²) in [7, 11) is 0. The predicted molar refractivity (Wildman–Crippen MR) is 224 cm³/mol. The quantitative estimate of drug-likeness (QED) is 0.113. The second kappa shape index (κ2) is 18.5. The number of amides is 2. The predicted octanol–water partition coefficient (Wildman–Crippen LogP) is 10.7. The van der Waals surface area contributed by atoms with Crippen LogP contribution in [-0.2, 0) is 9.59 Å². The van der Waals surface area contributed by atoms with E-state index in [1.54, 1.807) is 94.2 Å². The summed E-state index contributed by atoms with van der Waals surface area (Å²) in [5.74, 6) is -3.96. The third-order valence-electron chi connectivity index (χ3n) is 11.1. The molecule has 4 aromatic carbocycles. The van der Waals surface area contributed by atoms with Gasteiger partial charge >= 0.3 is 0 Å². The van der Waals surface area contributed by atoms with Crippen molar-refractivity contribution in [3.63, 3.8) is 0 Å². The van der Waals surface area contributed by atoms with Crippen LogP contribution in [0.15, 0.2) is 109 Å². The van der Waals surface area contributed by atoms with Gasteiger partial charge in [0.05, 0.1) is 47.5 Å². The normalized spacial score (nSPS) is 16.7. The van der Waals surface area contributed by atoms with Crippen LogP contribution >= 0.6 is 0 Å². The van der Waals surface area contributed by atoms with Gasteiger partial charge in [-0.25, -0.2) is 36.3 Å². The number of hydrogen-bond acceptors (Lipinski definition) is 4. The first-order chi connectivity index (χ1) is 29.7. The van der Waals surface area contributed by atoms with E-state index in [0.717, 1.165) is 23.5 Å². The molecule has 4 heterocycles. The van der Waals surface area contributed by atoms with E-state index in [0.29, 0.717) is 72.4 Å². The highest BCUT2D eigenvalue weighted by atomic mass is 19.2. The molecule has 2 fully saturated rings. The molecule has 8 rings (SSSR count). The molecule has 2 aliphatic rings. The Morgan fingerprint density at radius 1 is 0.548 bits per heavy atom. The first-order valence-electron chi connectivity index (χ1n) is 20.2. The molecule has 0 bridgehead atoms. The molecule has 14 heteroatoms. The molecule has 0 aliphatic carbocycles. The van der Waals surface area contributed by atoms with E-state index in [9.17, 15) is 35.9 Å². The maximum atomic E-state index is 14.7. The van der Waals surface area contributed by atoms with Crippen molar-refractivity contribution < 1.29 is 35.9 Å². The molecule has 0 unspecified atom stereocenters. The van der Waals surface area contributed by atoms with Gasteiger partial charge in [-0.3, -0.25) is 9.59 Å². The van der Waals surface area contributed by atoms with Gasteiger partial charge in [-0.05, 0) is 113 Å². The fourth-order valence-electron chi connectivity index (χ4n) is 7.84. The number of halogens is 6. The smallest absolute Gasteiger partial charge is 0.250 e. The average Bonchev–Trinajstić information content (AvgIpc) is 3.87. The number of carbonyl (C=O) groups is 2. The van der Waals surface area contributed by atoms with Crippen LogP contribution in [0.1, 0.15) is 85.3 Å². The summed E-state index contributed by atoms with van der Waals surface area (Å²) in [5, 5.41) is 0. The highest BCUT2D eigenvalue weighted by Crippen LogP contribution is 2.32. The van der Waals surface area contributed by atoms with E-state index in [1.807, 2.05) is 13.8 Å². The lowest BCUT2D eigenvalue weighted by Crippen LogP contribution is -2.39. The van der Waals surface area contributed by atoms with Crippen LogP contribution in [0.2, 0.25) is 0 Å². The molecule has 2 aliphatic heterocycles. The van der Waals surface area contributed by atoms with E-state index < -0.39 is 47.0 Å². The molecule has 8 nitrogen and oxygen atoms in total. The minimum Gasteiger partial charge on any atom is -0.332 e. The molecular formula is C48H44F6N6O2. The Labute approximate surface area is 355 Å². The van der Waals surface area contributed by atoms with Gasteiger partial charge in [-0.1, -0.05) is 24.3 Å². The molecule has 0 N–H and O–H groups in total. The molecule has 2 aromatic heterocycles. The minimum absolute atomic E-state index is 0.225. The standard InChI is InChI=1S/2C24H22F3N3O/c2*1-15-13-29(14-28-15)23-8-5-17(11-22(23)27)10-18-4-3-9-30(24(18)31)16(2)20-7-6-19(25)12-21(20)26/h2*5-8,10-14,16H,3-4,9H2,1-2H3/b2*18-10+/t2*16-/m10/s1. The summed E-state index contributed by atoms with van der Waals surface area (Å²) >= 11 is 0. The average molecular weight is 851 g/mol. The van der Waals surface area contributed by atoms with Gasteiger partial charge in [0, 0.05) is 59.9 Å². The minimum atomic E-state index is -0.677. The molecule has 0 spiro atoms. The van der Waals surface area contributed by atoms with Gasteiger partial charge in [0.25, 0.3) is 0 Å². The van der Waals surface area contributed by atoms with Crippen molar-refractivity contribution in [3.05, 3.63) is 178 Å². The van der Waals surface area contributed by atoms with Gasteiger partial charge < -0.3 is 18.9 Å². The Morgan fingerprint density at radius 2 is 0.952 bits per heavy atom. The van der Waals surface area contributed by atoms with E-state index in [1.165, 1.54) is 36.4 Å². The third kappa shape index (κ3) is 9.59. The lowest BCUT2D eigenvalue weighted by Gasteiger charge is -2.34. The van der Waals surface area contributed by atoms with Crippen molar-refractivity contribution in [2.24, 2.45) is 0 Å². The first-order valence-corrected chi connectivity index (χ1v) is 20.2. The summed E-state index contributed by atoms with van der Waals surface area (Å²) in [6.07, 6.45) is 12.4. The zero-order valence-electron chi connectivity index (χ0n) is 34.6. The molecule has 2 amide bonds. The number of hydrogen-bond donors (Lipinski definition) is 0. The van der Waals surface area contributed by atoms with Crippen molar-refractivity contribution in [1.29, 1.82) is 0 Å². The fourth-order valence-corrected chi connectivity index (χ4v) is 7.84. The second-order valence-corrected chi connectivity index (χ2v) is 15.5. The Kier molecular flexibility index (Phi) is 13.0. The number of carbonyl (C=O) groups excluding carboxylic acids is 2. The van der Waals surface area contributed by atoms with Gasteiger partial charge in [0.15, 0.2) is 0 Å². The van der Waals surface area contributed by atoms with Gasteiger partial charge in [-0.2, -0.15) is 0 Å². The Morgan fingerprint density at radius 3 is 1.29 bits per heavy atom. The number of piperidine rings is 2. The molecule has 0 radical (unpaired) electrons. The first kappa shape index (κ1) is 43.4. The summed E-state index contributed by atoms with van der Waals surface area (Å²) in [6.45, 7) is 8.04. The third-order valence-corrected chi connectivity index (χ3v) is 11.1. The number of likely N-dealkylation sites (tertiary alicyclic amines) is 2. The monoisotopic (exact) mass is 850 g/mol. The van der Waals surface area contributed by atoms with Gasteiger partial charge in [0.2, 0.25) is 11.8 Å². The van der Waals surface area contributed by atoms with Crippen LogP contribution in [0.25, 0.3) is 23.5 Å². The van der Waals surface area contributed by atoms with Gasteiger partial charge in [0.1, 0.15) is 34.9 Å². The Hall–Kier alpha value is -6.70. The summed E-state index contributed by atoms with van der Waals surface area (Å²) in [6, 6.07) is 15.2. The zero-order valence-corrected chi connectivity index (χ0v) is 34.6.